The summed E-state index contributed by atoms with van der Waals surface area (Å²) in [6.07, 6.45) is 1.91. The van der Waals surface area contributed by atoms with Gasteiger partial charge < -0.3 is 10.6 Å². The molecule has 0 unspecified atom stereocenters. The molecule has 0 atom stereocenters. The highest BCUT2D eigenvalue weighted by Gasteiger charge is 2.04. The molecule has 0 aliphatic heterocycles. The van der Waals surface area contributed by atoms with E-state index < -0.39 is 0 Å². The van der Waals surface area contributed by atoms with Gasteiger partial charge in [-0.15, -0.1) is 0 Å². The van der Waals surface area contributed by atoms with Crippen LogP contribution in [0.25, 0.3) is 0 Å². The average Bonchev–Trinajstić information content (AvgIpc) is 3.00. The summed E-state index contributed by atoms with van der Waals surface area (Å²) in [5.74, 6) is 0.704. The lowest BCUT2D eigenvalue weighted by molar-refractivity contribution is 0.690. The van der Waals surface area contributed by atoms with Gasteiger partial charge in [0.25, 0.3) is 0 Å². The first kappa shape index (κ1) is 17.5. The second-order valence-corrected chi connectivity index (χ2v) is 6.75. The van der Waals surface area contributed by atoms with Gasteiger partial charge in [0, 0.05) is 23.0 Å². The number of rotatable bonds is 4. The number of benzene rings is 2. The summed E-state index contributed by atoms with van der Waals surface area (Å²) in [5, 5.41) is 12.0. The first-order valence-corrected chi connectivity index (χ1v) is 8.71. The van der Waals surface area contributed by atoms with Crippen LogP contribution in [0.2, 0.25) is 5.02 Å². The van der Waals surface area contributed by atoms with Crippen molar-refractivity contribution < 1.29 is 0 Å². The number of hydrogen-bond acceptors (Lipinski definition) is 2. The van der Waals surface area contributed by atoms with Gasteiger partial charge in [-0.25, -0.2) is 0 Å². The van der Waals surface area contributed by atoms with Crippen molar-refractivity contribution in [2.75, 3.05) is 10.6 Å². The smallest absolute Gasteiger partial charge is 0.176 e. The lowest BCUT2D eigenvalue weighted by Gasteiger charge is -2.10. The van der Waals surface area contributed by atoms with E-state index in [1.54, 1.807) is 0 Å². The molecule has 128 valence electrons. The van der Waals surface area contributed by atoms with Gasteiger partial charge in [-0.05, 0) is 67.0 Å². The van der Waals surface area contributed by atoms with Crippen LogP contribution < -0.4 is 10.6 Å². The van der Waals surface area contributed by atoms with Gasteiger partial charge in [0.1, 0.15) is 0 Å². The van der Waals surface area contributed by atoms with Crippen LogP contribution in [-0.4, -0.2) is 14.9 Å². The molecule has 1 aromatic heterocycles. The van der Waals surface area contributed by atoms with Gasteiger partial charge in [0.15, 0.2) is 10.9 Å². The van der Waals surface area contributed by atoms with E-state index in [1.807, 2.05) is 47.3 Å². The minimum Gasteiger partial charge on any atom is -0.332 e. The normalized spacial score (nSPS) is 10.5. The molecule has 2 aromatic carbocycles. The predicted molar refractivity (Wildman–Crippen MR) is 109 cm³/mol. The van der Waals surface area contributed by atoms with Crippen molar-refractivity contribution in [1.29, 1.82) is 0 Å². The van der Waals surface area contributed by atoms with Gasteiger partial charge >= 0.3 is 0 Å². The maximum Gasteiger partial charge on any atom is 0.176 e. The van der Waals surface area contributed by atoms with E-state index in [-0.39, 0.29) is 0 Å². The quantitative estimate of drug-likeness (QED) is 0.633. The molecule has 1 heterocycles. The molecule has 4 nitrogen and oxygen atoms in total. The third-order valence-corrected chi connectivity index (χ3v) is 4.36. The summed E-state index contributed by atoms with van der Waals surface area (Å²) in [7, 11) is 0. The van der Waals surface area contributed by atoms with E-state index in [0.29, 0.717) is 17.5 Å². The Labute approximate surface area is 157 Å². The van der Waals surface area contributed by atoms with Gasteiger partial charge in [0.2, 0.25) is 0 Å². The lowest BCUT2D eigenvalue weighted by Crippen LogP contribution is -2.19. The first-order valence-electron chi connectivity index (χ1n) is 7.93. The summed E-state index contributed by atoms with van der Waals surface area (Å²) in [6.45, 7) is 4.84. The number of aryl methyl sites for hydroxylation is 2. The molecule has 3 rings (SSSR count). The zero-order valence-corrected chi connectivity index (χ0v) is 15.7. The van der Waals surface area contributed by atoms with Crippen molar-refractivity contribution in [3.63, 3.8) is 0 Å². The predicted octanol–water partition coefficient (Wildman–Crippen LogP) is 5.01. The van der Waals surface area contributed by atoms with Crippen LogP contribution >= 0.6 is 23.8 Å². The molecule has 0 radical (unpaired) electrons. The first-order chi connectivity index (χ1) is 12.0. The zero-order valence-electron chi connectivity index (χ0n) is 14.1. The number of aromatic nitrogens is 2. The number of nitrogens with zero attached hydrogens (tertiary/aromatic N) is 2. The van der Waals surface area contributed by atoms with E-state index in [4.69, 9.17) is 23.8 Å². The number of nitrogens with one attached hydrogen (secondary N) is 2. The van der Waals surface area contributed by atoms with Crippen LogP contribution in [0, 0.1) is 13.8 Å². The second-order valence-electron chi connectivity index (χ2n) is 5.90. The van der Waals surface area contributed by atoms with Crippen molar-refractivity contribution in [1.82, 2.24) is 9.78 Å². The van der Waals surface area contributed by atoms with Crippen LogP contribution in [-0.2, 0) is 6.54 Å². The highest BCUT2D eigenvalue weighted by Crippen LogP contribution is 2.15. The second kappa shape index (κ2) is 7.68. The molecule has 0 fully saturated rings. The van der Waals surface area contributed by atoms with Crippen molar-refractivity contribution in [3.8, 4) is 0 Å². The molecule has 0 bridgehead atoms. The minimum absolute atomic E-state index is 0.514. The molecule has 2 N–H and O–H groups in total. The molecule has 0 aliphatic carbocycles. The molecule has 0 saturated carbocycles. The third-order valence-electron chi connectivity index (χ3n) is 3.90. The Morgan fingerprint density at radius 2 is 1.80 bits per heavy atom. The van der Waals surface area contributed by atoms with E-state index in [0.717, 1.165) is 16.3 Å². The van der Waals surface area contributed by atoms with E-state index in [2.05, 4.69) is 41.7 Å². The summed E-state index contributed by atoms with van der Waals surface area (Å²) in [6, 6.07) is 15.8. The molecule has 3 aromatic rings. The Balaban J connectivity index is 1.59. The molecular formula is C19H19ClN4S. The highest BCUT2D eigenvalue weighted by molar-refractivity contribution is 7.80. The number of anilines is 2. The van der Waals surface area contributed by atoms with Gasteiger partial charge in [0.05, 0.1) is 6.54 Å². The maximum atomic E-state index is 5.91. The monoisotopic (exact) mass is 370 g/mol. The minimum atomic E-state index is 0.514. The standard InChI is InChI=1S/C19H19ClN4S/c1-13-3-8-17(11-14(13)2)21-19(25)22-18-9-10-24(23-18)12-15-4-6-16(20)7-5-15/h3-11H,12H2,1-2H3,(H2,21,22,23,25). The van der Waals surface area contributed by atoms with Crippen LogP contribution in [0.15, 0.2) is 54.7 Å². The van der Waals surface area contributed by atoms with E-state index >= 15 is 0 Å². The van der Waals surface area contributed by atoms with Gasteiger partial charge in [-0.3, -0.25) is 4.68 Å². The van der Waals surface area contributed by atoms with Crippen LogP contribution in [0.4, 0.5) is 11.5 Å². The largest absolute Gasteiger partial charge is 0.332 e. The Morgan fingerprint density at radius 3 is 2.52 bits per heavy atom. The number of hydrogen-bond donors (Lipinski definition) is 2. The summed E-state index contributed by atoms with van der Waals surface area (Å²) in [4.78, 5) is 0. The molecule has 0 spiro atoms. The summed E-state index contributed by atoms with van der Waals surface area (Å²) >= 11 is 11.3. The highest BCUT2D eigenvalue weighted by atomic mass is 35.5. The topological polar surface area (TPSA) is 41.9 Å². The van der Waals surface area contributed by atoms with Crippen LogP contribution in [0.5, 0.6) is 0 Å². The molecule has 25 heavy (non-hydrogen) atoms. The van der Waals surface area contributed by atoms with Crippen molar-refractivity contribution in [3.05, 3.63) is 76.4 Å². The zero-order chi connectivity index (χ0) is 17.8. The molecule has 0 aliphatic rings. The fourth-order valence-electron chi connectivity index (χ4n) is 2.39. The molecular weight excluding hydrogens is 352 g/mol. The Morgan fingerprint density at radius 1 is 1.04 bits per heavy atom. The fourth-order valence-corrected chi connectivity index (χ4v) is 2.74. The van der Waals surface area contributed by atoms with Crippen molar-refractivity contribution in [2.45, 2.75) is 20.4 Å². The SMILES string of the molecule is Cc1ccc(NC(=S)Nc2ccn(Cc3ccc(Cl)cc3)n2)cc1C. The molecule has 0 amide bonds. The Bertz CT molecular complexity index is 887. The lowest BCUT2D eigenvalue weighted by atomic mass is 10.1. The van der Waals surface area contributed by atoms with Crippen molar-refractivity contribution >= 4 is 40.4 Å². The number of halogens is 1. The van der Waals surface area contributed by atoms with Crippen LogP contribution in [0.3, 0.4) is 0 Å². The summed E-state index contributed by atoms with van der Waals surface area (Å²) < 4.78 is 1.85. The molecule has 0 saturated heterocycles. The fraction of sp³-hybridized carbons (Fsp3) is 0.158. The molecule has 6 heteroatoms. The number of thiocarbonyl (C=S) groups is 1. The summed E-state index contributed by atoms with van der Waals surface area (Å²) in [5.41, 5.74) is 4.57. The van der Waals surface area contributed by atoms with Crippen LogP contribution in [0.1, 0.15) is 16.7 Å². The van der Waals surface area contributed by atoms with E-state index in [1.165, 1.54) is 11.1 Å². The maximum absolute atomic E-state index is 5.91. The van der Waals surface area contributed by atoms with Gasteiger partial charge in [-0.2, -0.15) is 5.10 Å². The van der Waals surface area contributed by atoms with E-state index in [9.17, 15) is 0 Å². The van der Waals surface area contributed by atoms with Crippen molar-refractivity contribution in [2.24, 2.45) is 0 Å². The third kappa shape index (κ3) is 4.81. The Kier molecular flexibility index (Phi) is 5.36. The Hall–Kier alpha value is -2.37. The van der Waals surface area contributed by atoms with Gasteiger partial charge in [-0.1, -0.05) is 29.8 Å². The average molecular weight is 371 g/mol.